The maximum Gasteiger partial charge on any atom is 0.511 e. The summed E-state index contributed by atoms with van der Waals surface area (Å²) in [7, 11) is 0. The predicted molar refractivity (Wildman–Crippen MR) is 110 cm³/mol. The van der Waals surface area contributed by atoms with Crippen molar-refractivity contribution in [2.45, 2.75) is 12.2 Å². The minimum absolute atomic E-state index is 0.498. The molecule has 0 aliphatic rings. The number of benzene rings is 2. The van der Waals surface area contributed by atoms with Crippen LogP contribution in [0.3, 0.4) is 0 Å². The van der Waals surface area contributed by atoms with Crippen LogP contribution in [0.1, 0.15) is 22.2 Å². The van der Waals surface area contributed by atoms with E-state index in [0.717, 1.165) is 20.4 Å². The molecule has 0 spiro atoms. The first-order valence-electron chi connectivity index (χ1n) is 8.18. The minimum Gasteiger partial charge on any atom is -0.410 e. The number of aromatic nitrogens is 2. The number of ether oxygens (including phenoxy) is 2. The fourth-order valence-electron chi connectivity index (χ4n) is 2.54. The van der Waals surface area contributed by atoms with Crippen LogP contribution in [0.25, 0.3) is 20.4 Å². The summed E-state index contributed by atoms with van der Waals surface area (Å²) in [5, 5.41) is 0.996. The molecule has 28 heavy (non-hydrogen) atoms. The number of nitrogens with zero attached hydrogens (tertiary/aromatic N) is 2. The number of para-hydroxylation sites is 2. The SMILES string of the molecule is C#CC(OC(=O)OC(C#C)c1nc2ccccc2s1)c1nc2ccccc2s1. The molecule has 2 aromatic heterocycles. The van der Waals surface area contributed by atoms with Crippen LogP contribution in [-0.4, -0.2) is 16.1 Å². The zero-order valence-corrected chi connectivity index (χ0v) is 16.0. The maximum atomic E-state index is 12.3. The highest BCUT2D eigenvalue weighted by Gasteiger charge is 2.24. The van der Waals surface area contributed by atoms with Crippen molar-refractivity contribution in [3.05, 3.63) is 58.5 Å². The molecule has 0 N–H and O–H groups in total. The van der Waals surface area contributed by atoms with E-state index in [0.29, 0.717) is 10.0 Å². The molecule has 0 bridgehead atoms. The summed E-state index contributed by atoms with van der Waals surface area (Å²) in [6.45, 7) is 0. The molecule has 2 unspecified atom stereocenters. The number of carbonyl (C=O) groups excluding carboxylic acids is 1. The first kappa shape index (κ1) is 18.0. The number of terminal acetylenes is 2. The Hall–Kier alpha value is -3.39. The molecule has 2 heterocycles. The third-order valence-corrected chi connectivity index (χ3v) is 5.96. The van der Waals surface area contributed by atoms with Crippen molar-refractivity contribution >= 4 is 49.3 Å². The normalized spacial score (nSPS) is 12.8. The Kier molecular flexibility index (Phi) is 4.94. The second-order valence-electron chi connectivity index (χ2n) is 5.62. The molecule has 7 heteroatoms. The molecule has 136 valence electrons. The Morgan fingerprint density at radius 3 is 1.64 bits per heavy atom. The van der Waals surface area contributed by atoms with Gasteiger partial charge >= 0.3 is 6.16 Å². The average Bonchev–Trinajstić information content (AvgIpc) is 3.34. The predicted octanol–water partition coefficient (Wildman–Crippen LogP) is 5.11. The van der Waals surface area contributed by atoms with Gasteiger partial charge in [-0.25, -0.2) is 14.8 Å². The van der Waals surface area contributed by atoms with Gasteiger partial charge < -0.3 is 9.47 Å². The fourth-order valence-corrected chi connectivity index (χ4v) is 4.45. The summed E-state index contributed by atoms with van der Waals surface area (Å²) >= 11 is 2.72. The first-order valence-corrected chi connectivity index (χ1v) is 9.81. The first-order chi connectivity index (χ1) is 13.7. The van der Waals surface area contributed by atoms with Gasteiger partial charge in [0.05, 0.1) is 20.4 Å². The van der Waals surface area contributed by atoms with Gasteiger partial charge in [0, 0.05) is 0 Å². The van der Waals surface area contributed by atoms with Crippen molar-refractivity contribution in [3.63, 3.8) is 0 Å². The summed E-state index contributed by atoms with van der Waals surface area (Å²) < 4.78 is 12.4. The largest absolute Gasteiger partial charge is 0.511 e. The van der Waals surface area contributed by atoms with Crippen molar-refractivity contribution in [2.24, 2.45) is 0 Å². The molecule has 2 atom stereocenters. The van der Waals surface area contributed by atoms with Crippen molar-refractivity contribution < 1.29 is 14.3 Å². The summed E-state index contributed by atoms with van der Waals surface area (Å²) in [5.74, 6) is 4.85. The van der Waals surface area contributed by atoms with Gasteiger partial charge in [0.15, 0.2) is 0 Å². The van der Waals surface area contributed by atoms with E-state index < -0.39 is 18.4 Å². The van der Waals surface area contributed by atoms with Crippen LogP contribution in [0.5, 0.6) is 0 Å². The molecular formula is C21H12N2O3S2. The topological polar surface area (TPSA) is 61.3 Å². The molecule has 0 saturated heterocycles. The number of carbonyl (C=O) groups is 1. The van der Waals surface area contributed by atoms with E-state index in [9.17, 15) is 4.79 Å². The smallest absolute Gasteiger partial charge is 0.410 e. The van der Waals surface area contributed by atoms with E-state index in [2.05, 4.69) is 21.8 Å². The summed E-state index contributed by atoms with van der Waals surface area (Å²) in [6.07, 6.45) is 8.18. The zero-order chi connectivity index (χ0) is 19.5. The lowest BCUT2D eigenvalue weighted by Gasteiger charge is -2.12. The highest BCUT2D eigenvalue weighted by molar-refractivity contribution is 7.19. The van der Waals surface area contributed by atoms with Crippen molar-refractivity contribution in [1.29, 1.82) is 0 Å². The standard InChI is InChI=1S/C21H12N2O3S2/c1-3-15(19-22-13-9-5-7-11-17(13)27-19)25-21(24)26-16(4-2)20-23-14-10-6-8-12-18(14)28-20/h1-2,5-12,15-16H. The van der Waals surface area contributed by atoms with Crippen LogP contribution in [0.2, 0.25) is 0 Å². The second-order valence-corrected chi connectivity index (χ2v) is 7.74. The molecule has 2 aromatic carbocycles. The molecule has 5 nitrogen and oxygen atoms in total. The summed E-state index contributed by atoms with van der Waals surface area (Å²) in [6, 6.07) is 15.1. The Bertz CT molecular complexity index is 1080. The maximum absolute atomic E-state index is 12.3. The quantitative estimate of drug-likeness (QED) is 0.349. The van der Waals surface area contributed by atoms with Gasteiger partial charge in [-0.2, -0.15) is 0 Å². The van der Waals surface area contributed by atoms with E-state index in [-0.39, 0.29) is 0 Å². The molecule has 0 amide bonds. The third-order valence-electron chi connectivity index (χ3n) is 3.80. The molecular weight excluding hydrogens is 392 g/mol. The number of fused-ring (bicyclic) bond motifs is 2. The van der Waals surface area contributed by atoms with E-state index in [4.69, 9.17) is 22.3 Å². The fraction of sp³-hybridized carbons (Fsp3) is 0.0952. The van der Waals surface area contributed by atoms with E-state index >= 15 is 0 Å². The zero-order valence-electron chi connectivity index (χ0n) is 14.4. The van der Waals surface area contributed by atoms with Gasteiger partial charge in [-0.05, 0) is 24.3 Å². The van der Waals surface area contributed by atoms with Crippen molar-refractivity contribution in [1.82, 2.24) is 9.97 Å². The lowest BCUT2D eigenvalue weighted by atomic mass is 10.3. The second kappa shape index (κ2) is 7.69. The highest BCUT2D eigenvalue weighted by Crippen LogP contribution is 2.30. The molecule has 0 fully saturated rings. The minimum atomic E-state index is -0.968. The van der Waals surface area contributed by atoms with Gasteiger partial charge in [-0.3, -0.25) is 0 Å². The number of hydrogen-bond donors (Lipinski definition) is 0. The number of hydrogen-bond acceptors (Lipinski definition) is 7. The monoisotopic (exact) mass is 404 g/mol. The lowest BCUT2D eigenvalue weighted by molar-refractivity contribution is 0.0248. The third kappa shape index (κ3) is 3.54. The Morgan fingerprint density at radius 2 is 1.25 bits per heavy atom. The molecule has 4 rings (SSSR count). The van der Waals surface area contributed by atoms with E-state index in [1.165, 1.54) is 22.7 Å². The number of rotatable bonds is 4. The Balaban J connectivity index is 1.50. The molecule has 4 aromatic rings. The number of thiazole rings is 2. The van der Waals surface area contributed by atoms with Crippen LogP contribution in [0, 0.1) is 24.7 Å². The molecule has 0 radical (unpaired) electrons. The van der Waals surface area contributed by atoms with Crippen LogP contribution in [0.4, 0.5) is 4.79 Å². The van der Waals surface area contributed by atoms with Crippen LogP contribution >= 0.6 is 22.7 Å². The van der Waals surface area contributed by atoms with Crippen LogP contribution < -0.4 is 0 Å². The van der Waals surface area contributed by atoms with Gasteiger partial charge in [-0.1, -0.05) is 36.1 Å². The van der Waals surface area contributed by atoms with Gasteiger partial charge in [0.25, 0.3) is 0 Å². The highest BCUT2D eigenvalue weighted by atomic mass is 32.1. The van der Waals surface area contributed by atoms with Crippen LogP contribution in [-0.2, 0) is 9.47 Å². The summed E-state index contributed by atoms with van der Waals surface area (Å²) in [5.41, 5.74) is 1.58. The van der Waals surface area contributed by atoms with E-state index in [1.54, 1.807) is 0 Å². The molecule has 0 saturated carbocycles. The van der Waals surface area contributed by atoms with E-state index in [1.807, 2.05) is 48.5 Å². The Labute approximate surface area is 169 Å². The van der Waals surface area contributed by atoms with Gasteiger partial charge in [0.2, 0.25) is 12.2 Å². The van der Waals surface area contributed by atoms with Crippen molar-refractivity contribution in [3.8, 4) is 24.7 Å². The molecule has 0 aliphatic carbocycles. The molecule has 0 aliphatic heterocycles. The van der Waals surface area contributed by atoms with Crippen molar-refractivity contribution in [2.75, 3.05) is 0 Å². The summed E-state index contributed by atoms with van der Waals surface area (Å²) in [4.78, 5) is 21.1. The lowest BCUT2D eigenvalue weighted by Crippen LogP contribution is -2.14. The van der Waals surface area contributed by atoms with Gasteiger partial charge in [-0.15, -0.1) is 35.5 Å². The average molecular weight is 404 g/mol. The Morgan fingerprint density at radius 1 is 0.821 bits per heavy atom. The van der Waals surface area contributed by atoms with Gasteiger partial charge in [0.1, 0.15) is 10.0 Å². The van der Waals surface area contributed by atoms with Crippen LogP contribution in [0.15, 0.2) is 48.5 Å².